The number of hydrogen-bond acceptors (Lipinski definition) is 4. The third kappa shape index (κ3) is 5.13. The number of amides is 1. The second kappa shape index (κ2) is 9.73. The Morgan fingerprint density at radius 3 is 2.45 bits per heavy atom. The fourth-order valence-corrected chi connectivity index (χ4v) is 3.16. The van der Waals surface area contributed by atoms with Crippen LogP contribution in [0.2, 0.25) is 0 Å². The number of benzene rings is 3. The van der Waals surface area contributed by atoms with Gasteiger partial charge in [-0.2, -0.15) is 5.10 Å². The number of nitrogens with one attached hydrogen (secondary N) is 1. The largest absolute Gasteiger partial charge is 0.480 e. The molecule has 1 atom stereocenters. The van der Waals surface area contributed by atoms with Crippen LogP contribution in [0.5, 0.6) is 5.75 Å². The monoisotopic (exact) mass is 389 g/mol. The summed E-state index contributed by atoms with van der Waals surface area (Å²) in [4.78, 5) is 14.6. The molecule has 3 aromatic rings. The first kappa shape index (κ1) is 20.4. The summed E-state index contributed by atoms with van der Waals surface area (Å²) in [7, 11) is 0. The van der Waals surface area contributed by atoms with Gasteiger partial charge in [-0.1, -0.05) is 48.5 Å². The molecular formula is C24H27N3O2. The predicted octanol–water partition coefficient (Wildman–Crippen LogP) is 4.60. The molecule has 0 aliphatic heterocycles. The van der Waals surface area contributed by atoms with E-state index in [1.54, 1.807) is 13.1 Å². The average molecular weight is 389 g/mol. The van der Waals surface area contributed by atoms with Crippen LogP contribution in [0.3, 0.4) is 0 Å². The standard InChI is InChI=1S/C24H27N3O2/c1-4-27(5-2)21-15-13-19(14-16-21)17-25-26-24(28)18(3)29-23-12-8-10-20-9-6-7-11-22(20)23/h6-18H,4-5H2,1-3H3,(H,26,28). The van der Waals surface area contributed by atoms with Crippen molar-refractivity contribution in [2.45, 2.75) is 26.9 Å². The molecule has 0 spiro atoms. The summed E-state index contributed by atoms with van der Waals surface area (Å²) in [6, 6.07) is 21.8. The highest BCUT2D eigenvalue weighted by atomic mass is 16.5. The molecule has 1 unspecified atom stereocenters. The first-order valence-corrected chi connectivity index (χ1v) is 9.94. The lowest BCUT2D eigenvalue weighted by atomic mass is 10.1. The Morgan fingerprint density at radius 2 is 1.72 bits per heavy atom. The van der Waals surface area contributed by atoms with E-state index < -0.39 is 6.10 Å². The molecule has 0 radical (unpaired) electrons. The zero-order chi connectivity index (χ0) is 20.6. The van der Waals surface area contributed by atoms with Gasteiger partial charge in [0.15, 0.2) is 6.10 Å². The zero-order valence-electron chi connectivity index (χ0n) is 17.1. The van der Waals surface area contributed by atoms with Crippen molar-refractivity contribution in [1.29, 1.82) is 0 Å². The summed E-state index contributed by atoms with van der Waals surface area (Å²) in [5.41, 5.74) is 4.65. The van der Waals surface area contributed by atoms with Crippen molar-refractivity contribution < 1.29 is 9.53 Å². The van der Waals surface area contributed by atoms with Gasteiger partial charge >= 0.3 is 0 Å². The molecule has 29 heavy (non-hydrogen) atoms. The van der Waals surface area contributed by atoms with Crippen LogP contribution in [0.1, 0.15) is 26.3 Å². The van der Waals surface area contributed by atoms with Gasteiger partial charge in [0.1, 0.15) is 5.75 Å². The Morgan fingerprint density at radius 1 is 1.03 bits per heavy atom. The summed E-state index contributed by atoms with van der Waals surface area (Å²) in [5, 5.41) is 6.11. The summed E-state index contributed by atoms with van der Waals surface area (Å²) < 4.78 is 5.87. The molecule has 0 aliphatic rings. The highest BCUT2D eigenvalue weighted by Crippen LogP contribution is 2.26. The van der Waals surface area contributed by atoms with E-state index in [0.717, 1.165) is 29.4 Å². The third-order valence-corrected chi connectivity index (χ3v) is 4.83. The minimum absolute atomic E-state index is 0.297. The van der Waals surface area contributed by atoms with Crippen LogP contribution in [0.15, 0.2) is 71.8 Å². The highest BCUT2D eigenvalue weighted by Gasteiger charge is 2.15. The van der Waals surface area contributed by atoms with Gasteiger partial charge in [0.05, 0.1) is 6.21 Å². The van der Waals surface area contributed by atoms with E-state index in [4.69, 9.17) is 4.74 Å². The van der Waals surface area contributed by atoms with Gasteiger partial charge in [-0.05, 0) is 49.9 Å². The number of anilines is 1. The maximum Gasteiger partial charge on any atom is 0.280 e. The van der Waals surface area contributed by atoms with Crippen LogP contribution < -0.4 is 15.1 Å². The fourth-order valence-electron chi connectivity index (χ4n) is 3.16. The second-order valence-corrected chi connectivity index (χ2v) is 6.74. The maximum absolute atomic E-state index is 12.3. The van der Waals surface area contributed by atoms with Gasteiger partial charge in [-0.3, -0.25) is 4.79 Å². The Kier molecular flexibility index (Phi) is 6.85. The van der Waals surface area contributed by atoms with Crippen LogP contribution in [0.4, 0.5) is 5.69 Å². The molecule has 0 aromatic heterocycles. The van der Waals surface area contributed by atoms with Crippen LogP contribution in [0.25, 0.3) is 10.8 Å². The van der Waals surface area contributed by atoms with Crippen LogP contribution in [0, 0.1) is 0 Å². The van der Waals surface area contributed by atoms with E-state index in [2.05, 4.69) is 41.4 Å². The van der Waals surface area contributed by atoms with Crippen LogP contribution in [-0.4, -0.2) is 31.3 Å². The molecule has 3 aromatic carbocycles. The van der Waals surface area contributed by atoms with Gasteiger partial charge in [-0.25, -0.2) is 5.43 Å². The molecule has 150 valence electrons. The lowest BCUT2D eigenvalue weighted by Gasteiger charge is -2.20. The van der Waals surface area contributed by atoms with E-state index in [-0.39, 0.29) is 5.91 Å². The molecule has 0 bridgehead atoms. The Bertz CT molecular complexity index is 974. The van der Waals surface area contributed by atoms with E-state index in [0.29, 0.717) is 5.75 Å². The predicted molar refractivity (Wildman–Crippen MR) is 120 cm³/mol. The molecular weight excluding hydrogens is 362 g/mol. The number of ether oxygens (including phenoxy) is 1. The Balaban J connectivity index is 1.58. The summed E-state index contributed by atoms with van der Waals surface area (Å²) in [5.74, 6) is 0.385. The number of fused-ring (bicyclic) bond motifs is 1. The normalized spacial score (nSPS) is 12.1. The number of rotatable bonds is 8. The Hall–Kier alpha value is -3.34. The summed E-state index contributed by atoms with van der Waals surface area (Å²) in [6.45, 7) is 7.92. The number of nitrogens with zero attached hydrogens (tertiary/aromatic N) is 2. The van der Waals surface area contributed by atoms with E-state index in [1.165, 1.54) is 5.69 Å². The number of hydrogen-bond donors (Lipinski definition) is 1. The summed E-state index contributed by atoms with van der Waals surface area (Å²) >= 11 is 0. The second-order valence-electron chi connectivity index (χ2n) is 6.74. The van der Waals surface area contributed by atoms with Gasteiger partial charge < -0.3 is 9.64 Å². The van der Waals surface area contributed by atoms with Crippen molar-refractivity contribution in [3.05, 3.63) is 72.3 Å². The SMILES string of the molecule is CCN(CC)c1ccc(C=NNC(=O)C(C)Oc2cccc3ccccc23)cc1. The van der Waals surface area contributed by atoms with Crippen LogP contribution >= 0.6 is 0 Å². The molecule has 1 amide bonds. The van der Waals surface area contributed by atoms with Crippen molar-refractivity contribution >= 4 is 28.6 Å². The first-order valence-electron chi connectivity index (χ1n) is 9.94. The number of carbonyl (C=O) groups excluding carboxylic acids is 1. The van der Waals surface area contributed by atoms with Crippen molar-refractivity contribution in [3.63, 3.8) is 0 Å². The van der Waals surface area contributed by atoms with Gasteiger partial charge in [0, 0.05) is 24.2 Å². The van der Waals surface area contributed by atoms with Crippen molar-refractivity contribution in [2.24, 2.45) is 5.10 Å². The molecule has 3 rings (SSSR count). The average Bonchev–Trinajstić information content (AvgIpc) is 2.76. The van der Waals surface area contributed by atoms with E-state index in [1.807, 2.05) is 54.6 Å². The summed E-state index contributed by atoms with van der Waals surface area (Å²) in [6.07, 6.45) is 0.970. The fraction of sp³-hybridized carbons (Fsp3) is 0.250. The molecule has 0 aliphatic carbocycles. The molecule has 5 heteroatoms. The van der Waals surface area contributed by atoms with Gasteiger partial charge in [0.25, 0.3) is 5.91 Å². The van der Waals surface area contributed by atoms with Crippen molar-refractivity contribution in [3.8, 4) is 5.75 Å². The Labute approximate surface area is 172 Å². The number of carbonyl (C=O) groups is 1. The van der Waals surface area contributed by atoms with Crippen molar-refractivity contribution in [2.75, 3.05) is 18.0 Å². The lowest BCUT2D eigenvalue weighted by molar-refractivity contribution is -0.127. The molecule has 0 heterocycles. The first-order chi connectivity index (χ1) is 14.1. The van der Waals surface area contributed by atoms with Crippen molar-refractivity contribution in [1.82, 2.24) is 5.43 Å². The molecule has 0 saturated heterocycles. The molecule has 1 N–H and O–H groups in total. The smallest absolute Gasteiger partial charge is 0.280 e. The third-order valence-electron chi connectivity index (χ3n) is 4.83. The molecule has 5 nitrogen and oxygen atoms in total. The minimum Gasteiger partial charge on any atom is -0.480 e. The van der Waals surface area contributed by atoms with Gasteiger partial charge in [0.2, 0.25) is 0 Å². The topological polar surface area (TPSA) is 53.9 Å². The zero-order valence-corrected chi connectivity index (χ0v) is 17.1. The van der Waals surface area contributed by atoms with Crippen LogP contribution in [-0.2, 0) is 4.79 Å². The minimum atomic E-state index is -0.664. The number of hydrazone groups is 1. The highest BCUT2D eigenvalue weighted by molar-refractivity contribution is 5.89. The van der Waals surface area contributed by atoms with E-state index in [9.17, 15) is 4.79 Å². The quantitative estimate of drug-likeness (QED) is 0.452. The molecule has 0 saturated carbocycles. The van der Waals surface area contributed by atoms with Gasteiger partial charge in [-0.15, -0.1) is 0 Å². The lowest BCUT2D eigenvalue weighted by Crippen LogP contribution is -2.33. The maximum atomic E-state index is 12.3. The molecule has 0 fully saturated rings. The van der Waals surface area contributed by atoms with E-state index >= 15 is 0 Å².